The van der Waals surface area contributed by atoms with Crippen molar-refractivity contribution in [3.05, 3.63) is 41.4 Å². The lowest BCUT2D eigenvalue weighted by Gasteiger charge is -2.39. The molecule has 0 radical (unpaired) electrons. The highest BCUT2D eigenvalue weighted by atomic mass is 35.5. The molecule has 2 aliphatic rings. The van der Waals surface area contributed by atoms with Crippen LogP contribution in [-0.4, -0.2) is 55.8 Å². The minimum atomic E-state index is -4.26. The van der Waals surface area contributed by atoms with Crippen molar-refractivity contribution >= 4 is 39.0 Å². The van der Waals surface area contributed by atoms with Gasteiger partial charge in [-0.05, 0) is 48.4 Å². The molecule has 9 nitrogen and oxygen atoms in total. The lowest BCUT2D eigenvalue weighted by molar-refractivity contribution is -0.127. The van der Waals surface area contributed by atoms with Crippen molar-refractivity contribution in [3.8, 4) is 5.75 Å². The van der Waals surface area contributed by atoms with E-state index in [0.29, 0.717) is 29.4 Å². The van der Waals surface area contributed by atoms with E-state index < -0.39 is 21.5 Å². The van der Waals surface area contributed by atoms with Crippen molar-refractivity contribution in [2.24, 2.45) is 11.3 Å². The molecule has 1 aliphatic heterocycles. The normalized spacial score (nSPS) is 19.1. The number of rotatable bonds is 10. The molecule has 1 aromatic carbocycles. The van der Waals surface area contributed by atoms with Gasteiger partial charge in [0.2, 0.25) is 0 Å². The number of aliphatic hydroxyl groups is 1. The van der Waals surface area contributed by atoms with Gasteiger partial charge in [0.15, 0.2) is 10.6 Å². The van der Waals surface area contributed by atoms with Gasteiger partial charge in [-0.1, -0.05) is 45.4 Å². The summed E-state index contributed by atoms with van der Waals surface area (Å²) < 4.78 is 34.6. The van der Waals surface area contributed by atoms with Crippen LogP contribution in [0.1, 0.15) is 53.4 Å². The number of nitrogens with one attached hydrogen (secondary N) is 2. The molecule has 1 aromatic heterocycles. The third kappa shape index (κ3) is 6.52. The number of aromatic nitrogens is 1. The number of carbonyl (C=O) groups is 1. The van der Waals surface area contributed by atoms with E-state index in [0.717, 1.165) is 31.6 Å². The molecular formula is C27H37ClN4O5S. The van der Waals surface area contributed by atoms with Crippen molar-refractivity contribution in [2.45, 2.75) is 70.0 Å². The smallest absolute Gasteiger partial charge is 0.281 e. The molecule has 2 heterocycles. The van der Waals surface area contributed by atoms with Gasteiger partial charge in [0.25, 0.3) is 15.9 Å². The third-order valence-corrected chi connectivity index (χ3v) is 8.83. The fourth-order valence-corrected chi connectivity index (χ4v) is 5.58. The van der Waals surface area contributed by atoms with Gasteiger partial charge in [-0.3, -0.25) is 4.79 Å². The van der Waals surface area contributed by atoms with Crippen LogP contribution in [-0.2, 0) is 14.8 Å². The van der Waals surface area contributed by atoms with Crippen LogP contribution in [0.15, 0.2) is 41.4 Å². The van der Waals surface area contributed by atoms with Crippen LogP contribution in [0.4, 0.5) is 11.5 Å². The predicted octanol–water partition coefficient (Wildman–Crippen LogP) is 4.21. The SMILES string of the molecule is CC(C)[C@H](CO)Nc1cccc(S(=O)(=O)NC(=O)C2(Oc3cc(Cl)ccc3N3CCC(C)(C)CC3)CC2)n1. The summed E-state index contributed by atoms with van der Waals surface area (Å²) in [5.74, 6) is 0.120. The molecular weight excluding hydrogens is 528 g/mol. The van der Waals surface area contributed by atoms with Crippen molar-refractivity contribution in [1.29, 1.82) is 0 Å². The second kappa shape index (κ2) is 10.9. The summed E-state index contributed by atoms with van der Waals surface area (Å²) in [7, 11) is -4.26. The zero-order chi connectivity index (χ0) is 27.7. The van der Waals surface area contributed by atoms with Gasteiger partial charge in [-0.2, -0.15) is 8.42 Å². The summed E-state index contributed by atoms with van der Waals surface area (Å²) in [4.78, 5) is 19.6. The van der Waals surface area contributed by atoms with Gasteiger partial charge in [-0.25, -0.2) is 9.71 Å². The fourth-order valence-electron chi connectivity index (χ4n) is 4.41. The Morgan fingerprint density at radius 3 is 2.45 bits per heavy atom. The van der Waals surface area contributed by atoms with Gasteiger partial charge in [-0.15, -0.1) is 0 Å². The van der Waals surface area contributed by atoms with E-state index in [9.17, 15) is 18.3 Å². The molecule has 1 aliphatic carbocycles. The molecule has 0 unspecified atom stereocenters. The van der Waals surface area contributed by atoms with Crippen molar-refractivity contribution in [3.63, 3.8) is 0 Å². The van der Waals surface area contributed by atoms with E-state index in [1.807, 2.05) is 19.9 Å². The van der Waals surface area contributed by atoms with E-state index in [4.69, 9.17) is 16.3 Å². The average Bonchev–Trinajstić information content (AvgIpc) is 3.63. The average molecular weight is 565 g/mol. The van der Waals surface area contributed by atoms with Crippen LogP contribution < -0.4 is 19.7 Å². The van der Waals surface area contributed by atoms with Gasteiger partial charge >= 0.3 is 0 Å². The highest BCUT2D eigenvalue weighted by molar-refractivity contribution is 7.90. The molecule has 38 heavy (non-hydrogen) atoms. The summed E-state index contributed by atoms with van der Waals surface area (Å²) in [6.45, 7) is 9.94. The van der Waals surface area contributed by atoms with Crippen molar-refractivity contribution in [1.82, 2.24) is 9.71 Å². The Balaban J connectivity index is 1.50. The number of pyridine rings is 1. The molecule has 1 saturated carbocycles. The van der Waals surface area contributed by atoms with E-state index in [-0.39, 0.29) is 29.0 Å². The summed E-state index contributed by atoms with van der Waals surface area (Å²) in [5.41, 5.74) is -0.183. The first kappa shape index (κ1) is 28.4. The Kier molecular flexibility index (Phi) is 8.16. The molecule has 1 atom stereocenters. The molecule has 2 aromatic rings. The molecule has 0 bridgehead atoms. The second-order valence-corrected chi connectivity index (χ2v) is 13.4. The Labute approximate surface area is 230 Å². The largest absolute Gasteiger partial charge is 0.475 e. The number of ether oxygens (including phenoxy) is 1. The molecule has 3 N–H and O–H groups in total. The quantitative estimate of drug-likeness (QED) is 0.392. The van der Waals surface area contributed by atoms with Crippen LogP contribution in [0.2, 0.25) is 5.02 Å². The first-order valence-corrected chi connectivity index (χ1v) is 14.9. The van der Waals surface area contributed by atoms with Gasteiger partial charge < -0.3 is 20.1 Å². The van der Waals surface area contributed by atoms with Crippen LogP contribution in [0, 0.1) is 11.3 Å². The highest BCUT2D eigenvalue weighted by Crippen LogP contribution is 2.45. The summed E-state index contributed by atoms with van der Waals surface area (Å²) in [6.07, 6.45) is 2.82. The summed E-state index contributed by atoms with van der Waals surface area (Å²) in [5, 5.41) is 12.8. The Morgan fingerprint density at radius 2 is 1.84 bits per heavy atom. The first-order chi connectivity index (χ1) is 17.8. The number of aliphatic hydroxyl groups excluding tert-OH is 1. The zero-order valence-electron chi connectivity index (χ0n) is 22.3. The van der Waals surface area contributed by atoms with Crippen molar-refractivity contribution < 1.29 is 23.1 Å². The maximum atomic E-state index is 13.2. The van der Waals surface area contributed by atoms with E-state index >= 15 is 0 Å². The second-order valence-electron chi connectivity index (χ2n) is 11.3. The van der Waals surface area contributed by atoms with E-state index in [1.54, 1.807) is 18.2 Å². The monoisotopic (exact) mass is 564 g/mol. The number of amides is 1. The standard InChI is InChI=1S/C27H37ClN4O5S/c1-18(2)20(17-33)29-23-6-5-7-24(30-23)38(35,36)31-25(34)27(10-11-27)37-22-16-19(28)8-9-21(22)32-14-12-26(3,4)13-15-32/h5-9,16,18,20,33H,10-15,17H2,1-4H3,(H,29,30)(H,31,34)/t20-/m0/s1. The van der Waals surface area contributed by atoms with Crippen LogP contribution in [0.3, 0.4) is 0 Å². The number of hydrogen-bond acceptors (Lipinski definition) is 8. The van der Waals surface area contributed by atoms with E-state index in [1.165, 1.54) is 12.1 Å². The molecule has 0 spiro atoms. The number of sulfonamides is 1. The fraction of sp³-hybridized carbons (Fsp3) is 0.556. The minimum Gasteiger partial charge on any atom is -0.475 e. The topological polar surface area (TPSA) is 121 Å². The molecule has 208 valence electrons. The van der Waals surface area contributed by atoms with Gasteiger partial charge in [0.1, 0.15) is 11.6 Å². The number of hydrogen-bond donors (Lipinski definition) is 3. The van der Waals surface area contributed by atoms with Crippen molar-refractivity contribution in [2.75, 3.05) is 29.9 Å². The van der Waals surface area contributed by atoms with Crippen LogP contribution in [0.25, 0.3) is 0 Å². The molecule has 11 heteroatoms. The number of benzene rings is 1. The molecule has 4 rings (SSSR count). The first-order valence-electron chi connectivity index (χ1n) is 13.0. The lowest BCUT2D eigenvalue weighted by atomic mass is 9.82. The number of piperidine rings is 1. The zero-order valence-corrected chi connectivity index (χ0v) is 23.9. The molecule has 2 fully saturated rings. The number of carbonyl (C=O) groups excluding carboxylic acids is 1. The Morgan fingerprint density at radius 1 is 1.16 bits per heavy atom. The molecule has 1 saturated heterocycles. The number of nitrogens with zero attached hydrogens (tertiary/aromatic N) is 2. The third-order valence-electron chi connectivity index (χ3n) is 7.36. The minimum absolute atomic E-state index is 0.0986. The molecule has 1 amide bonds. The van der Waals surface area contributed by atoms with Crippen LogP contribution >= 0.6 is 11.6 Å². The summed E-state index contributed by atoms with van der Waals surface area (Å²) >= 11 is 6.27. The van der Waals surface area contributed by atoms with Gasteiger partial charge in [0, 0.05) is 37.0 Å². The predicted molar refractivity (Wildman–Crippen MR) is 148 cm³/mol. The van der Waals surface area contributed by atoms with E-state index in [2.05, 4.69) is 33.8 Å². The van der Waals surface area contributed by atoms with Gasteiger partial charge in [0.05, 0.1) is 18.3 Å². The highest BCUT2D eigenvalue weighted by Gasteiger charge is 2.54. The lowest BCUT2D eigenvalue weighted by Crippen LogP contribution is -2.44. The number of halogens is 1. The van der Waals surface area contributed by atoms with Crippen LogP contribution in [0.5, 0.6) is 5.75 Å². The number of anilines is 2. The maximum absolute atomic E-state index is 13.2. The Bertz CT molecular complexity index is 1270. The summed E-state index contributed by atoms with van der Waals surface area (Å²) in [6, 6.07) is 9.53. The maximum Gasteiger partial charge on any atom is 0.281 e. The Hall–Kier alpha value is -2.56.